The summed E-state index contributed by atoms with van der Waals surface area (Å²) >= 11 is 1.73. The van der Waals surface area contributed by atoms with Crippen molar-refractivity contribution in [2.24, 2.45) is 0 Å². The molecule has 0 bridgehead atoms. The number of hydrogen-bond donors (Lipinski definition) is 1. The topological polar surface area (TPSA) is 55.9 Å². The quantitative estimate of drug-likeness (QED) is 0.801. The number of nitrogens with one attached hydrogen (secondary N) is 1. The van der Waals surface area contributed by atoms with Gasteiger partial charge in [0, 0.05) is 32.7 Å². The van der Waals surface area contributed by atoms with Crippen LogP contribution in [0, 0.1) is 0 Å². The third kappa shape index (κ3) is 3.91. The Hall–Kier alpha value is -1.44. The van der Waals surface area contributed by atoms with Gasteiger partial charge < -0.3 is 5.32 Å². The molecule has 0 aromatic carbocycles. The molecule has 7 heteroatoms. The molecule has 1 aromatic heterocycles. The van der Waals surface area contributed by atoms with Crippen LogP contribution in [0.4, 0.5) is 4.79 Å². The Kier molecular flexibility index (Phi) is 5.30. The first-order valence-corrected chi connectivity index (χ1v) is 9.19. The zero-order chi connectivity index (χ0) is 16.2. The molecule has 0 radical (unpaired) electrons. The van der Waals surface area contributed by atoms with Gasteiger partial charge in [-0.3, -0.25) is 14.6 Å². The molecular weight excluding hydrogens is 312 g/mol. The summed E-state index contributed by atoms with van der Waals surface area (Å²) in [6.45, 7) is 7.14. The summed E-state index contributed by atoms with van der Waals surface area (Å²) < 4.78 is 0. The summed E-state index contributed by atoms with van der Waals surface area (Å²) in [4.78, 5) is 30.2. The lowest BCUT2D eigenvalue weighted by Crippen LogP contribution is -2.51. The number of nitrogens with zero attached hydrogens (tertiary/aromatic N) is 3. The van der Waals surface area contributed by atoms with E-state index in [-0.39, 0.29) is 18.0 Å². The van der Waals surface area contributed by atoms with Crippen LogP contribution >= 0.6 is 11.3 Å². The predicted octanol–water partition coefficient (Wildman–Crippen LogP) is 1.54. The Bertz CT molecular complexity index is 540. The van der Waals surface area contributed by atoms with E-state index < -0.39 is 0 Å². The third-order valence-electron chi connectivity index (χ3n) is 4.48. The molecule has 1 atom stereocenters. The maximum absolute atomic E-state index is 12.3. The minimum absolute atomic E-state index is 0.0717. The second-order valence-corrected chi connectivity index (χ2v) is 7.00. The molecule has 3 amide bonds. The van der Waals surface area contributed by atoms with Gasteiger partial charge in [0.25, 0.3) is 5.91 Å². The third-order valence-corrected chi connectivity index (χ3v) is 5.21. The lowest BCUT2D eigenvalue weighted by molar-refractivity contribution is -0.129. The van der Waals surface area contributed by atoms with Crippen molar-refractivity contribution >= 4 is 23.3 Å². The van der Waals surface area contributed by atoms with Crippen molar-refractivity contribution in [3.63, 3.8) is 0 Å². The van der Waals surface area contributed by atoms with Crippen LogP contribution in [0.5, 0.6) is 0 Å². The molecular formula is C16H24N4O2S. The van der Waals surface area contributed by atoms with Gasteiger partial charge >= 0.3 is 6.03 Å². The molecule has 2 saturated heterocycles. The van der Waals surface area contributed by atoms with Crippen LogP contribution in [0.1, 0.15) is 25.3 Å². The molecule has 1 aromatic rings. The Morgan fingerprint density at radius 1 is 1.22 bits per heavy atom. The number of amides is 3. The SMILES string of the molecule is CCC[C@@H]1NC(=O)N(CN2CCN(Cc3ccsc3)CC2)C1=O. The summed E-state index contributed by atoms with van der Waals surface area (Å²) in [6.07, 6.45) is 1.61. The lowest BCUT2D eigenvalue weighted by atomic mass is 10.2. The summed E-state index contributed by atoms with van der Waals surface area (Å²) in [5, 5.41) is 7.08. The number of thiophene rings is 1. The van der Waals surface area contributed by atoms with Gasteiger partial charge in [-0.2, -0.15) is 11.3 Å². The van der Waals surface area contributed by atoms with Gasteiger partial charge in [0.05, 0.1) is 6.67 Å². The van der Waals surface area contributed by atoms with Crippen LogP contribution in [-0.4, -0.2) is 65.5 Å². The first-order valence-electron chi connectivity index (χ1n) is 8.25. The van der Waals surface area contributed by atoms with E-state index >= 15 is 0 Å². The number of rotatable bonds is 6. The molecule has 6 nitrogen and oxygen atoms in total. The fraction of sp³-hybridized carbons (Fsp3) is 0.625. The van der Waals surface area contributed by atoms with Crippen molar-refractivity contribution in [1.29, 1.82) is 0 Å². The maximum atomic E-state index is 12.3. The summed E-state index contributed by atoms with van der Waals surface area (Å²) in [5.74, 6) is -0.0717. The fourth-order valence-corrected chi connectivity index (χ4v) is 3.78. The van der Waals surface area contributed by atoms with Gasteiger partial charge in [0.15, 0.2) is 0 Å². The minimum atomic E-state index is -0.326. The van der Waals surface area contributed by atoms with Crippen molar-refractivity contribution in [2.75, 3.05) is 32.8 Å². The molecule has 2 aliphatic rings. The summed E-state index contributed by atoms with van der Waals surface area (Å²) in [5.41, 5.74) is 1.36. The van der Waals surface area contributed by atoms with E-state index in [0.29, 0.717) is 6.67 Å². The monoisotopic (exact) mass is 336 g/mol. The molecule has 1 N–H and O–H groups in total. The summed E-state index contributed by atoms with van der Waals surface area (Å²) in [7, 11) is 0. The Labute approximate surface area is 141 Å². The van der Waals surface area contributed by atoms with E-state index in [1.54, 1.807) is 11.3 Å². The van der Waals surface area contributed by atoms with Crippen LogP contribution in [0.25, 0.3) is 0 Å². The molecule has 126 valence electrons. The molecule has 3 rings (SSSR count). The molecule has 0 spiro atoms. The molecule has 0 aliphatic carbocycles. The van der Waals surface area contributed by atoms with E-state index in [1.807, 2.05) is 6.92 Å². The Morgan fingerprint density at radius 3 is 2.61 bits per heavy atom. The van der Waals surface area contributed by atoms with Crippen LogP contribution in [-0.2, 0) is 11.3 Å². The highest BCUT2D eigenvalue weighted by Crippen LogP contribution is 2.14. The number of carbonyl (C=O) groups excluding carboxylic acids is 2. The van der Waals surface area contributed by atoms with Crippen LogP contribution in [0.2, 0.25) is 0 Å². The van der Waals surface area contributed by atoms with Gasteiger partial charge in [0.2, 0.25) is 0 Å². The molecule has 0 unspecified atom stereocenters. The van der Waals surface area contributed by atoms with Crippen molar-refractivity contribution in [1.82, 2.24) is 20.0 Å². The van der Waals surface area contributed by atoms with Gasteiger partial charge in [-0.15, -0.1) is 0 Å². The van der Waals surface area contributed by atoms with E-state index in [0.717, 1.165) is 45.6 Å². The van der Waals surface area contributed by atoms with E-state index in [9.17, 15) is 9.59 Å². The molecule has 3 heterocycles. The molecule has 2 fully saturated rings. The standard InChI is InChI=1S/C16H24N4O2S/c1-2-3-14-15(21)20(16(22)17-14)12-19-7-5-18(6-8-19)10-13-4-9-23-11-13/h4,9,11,14H,2-3,5-8,10,12H2,1H3,(H,17,22)/t14-/m0/s1. The van der Waals surface area contributed by atoms with Crippen molar-refractivity contribution in [3.05, 3.63) is 22.4 Å². The van der Waals surface area contributed by atoms with Gasteiger partial charge in [-0.05, 0) is 28.8 Å². The largest absolute Gasteiger partial charge is 0.326 e. The first-order chi connectivity index (χ1) is 11.2. The zero-order valence-corrected chi connectivity index (χ0v) is 14.3. The highest BCUT2D eigenvalue weighted by Gasteiger charge is 2.38. The van der Waals surface area contributed by atoms with Crippen LogP contribution < -0.4 is 5.32 Å². The number of piperazine rings is 1. The normalized spacial score (nSPS) is 23.5. The van der Waals surface area contributed by atoms with Gasteiger partial charge in [0.1, 0.15) is 6.04 Å². The second kappa shape index (κ2) is 7.42. The zero-order valence-electron chi connectivity index (χ0n) is 13.5. The van der Waals surface area contributed by atoms with E-state index in [2.05, 4.69) is 31.9 Å². The lowest BCUT2D eigenvalue weighted by Gasteiger charge is -2.35. The average Bonchev–Trinajstić information content (AvgIpc) is 3.14. The maximum Gasteiger partial charge on any atom is 0.325 e. The highest BCUT2D eigenvalue weighted by atomic mass is 32.1. The van der Waals surface area contributed by atoms with E-state index in [1.165, 1.54) is 10.5 Å². The van der Waals surface area contributed by atoms with Gasteiger partial charge in [-0.1, -0.05) is 13.3 Å². The van der Waals surface area contributed by atoms with Crippen molar-refractivity contribution in [3.8, 4) is 0 Å². The number of hydrogen-bond acceptors (Lipinski definition) is 5. The number of imide groups is 1. The molecule has 0 saturated carbocycles. The first kappa shape index (κ1) is 16.4. The van der Waals surface area contributed by atoms with Crippen molar-refractivity contribution < 1.29 is 9.59 Å². The highest BCUT2D eigenvalue weighted by molar-refractivity contribution is 7.07. The Balaban J connectivity index is 1.47. The smallest absolute Gasteiger partial charge is 0.325 e. The molecule has 2 aliphatic heterocycles. The number of carbonyl (C=O) groups is 2. The van der Waals surface area contributed by atoms with Crippen molar-refractivity contribution in [2.45, 2.75) is 32.4 Å². The minimum Gasteiger partial charge on any atom is -0.326 e. The Morgan fingerprint density at radius 2 is 1.96 bits per heavy atom. The summed E-state index contributed by atoms with van der Waals surface area (Å²) in [6, 6.07) is 1.60. The van der Waals surface area contributed by atoms with Gasteiger partial charge in [-0.25, -0.2) is 9.69 Å². The van der Waals surface area contributed by atoms with Crippen LogP contribution in [0.3, 0.4) is 0 Å². The molecule has 23 heavy (non-hydrogen) atoms. The van der Waals surface area contributed by atoms with Crippen LogP contribution in [0.15, 0.2) is 16.8 Å². The fourth-order valence-electron chi connectivity index (χ4n) is 3.12. The second-order valence-electron chi connectivity index (χ2n) is 6.22. The van der Waals surface area contributed by atoms with E-state index in [4.69, 9.17) is 0 Å². The average molecular weight is 336 g/mol. The number of urea groups is 1. The predicted molar refractivity (Wildman–Crippen MR) is 90.1 cm³/mol.